The number of carbonyl (C=O) groups is 3. The highest BCUT2D eigenvalue weighted by Crippen LogP contribution is 2.30. The fourth-order valence-corrected chi connectivity index (χ4v) is 2.64. The maximum Gasteiger partial charge on any atom is 0.283 e. The zero-order valence-corrected chi connectivity index (χ0v) is 15.8. The third kappa shape index (κ3) is 5.16. The molecule has 3 amide bonds. The van der Waals surface area contributed by atoms with Crippen LogP contribution in [0.3, 0.4) is 0 Å². The molecule has 2 aromatic rings. The monoisotopic (exact) mass is 399 g/mol. The van der Waals surface area contributed by atoms with Crippen molar-refractivity contribution in [3.05, 3.63) is 54.1 Å². The summed E-state index contributed by atoms with van der Waals surface area (Å²) in [6.45, 7) is 0.128. The molecular formula is C20H21N3O6. The SMILES string of the molecule is COc1ccccc1C(=O)NCCC(=O)NNC(=O)[C@@H]1COc2ccccc2O1. The second-order valence-electron chi connectivity index (χ2n) is 6.11. The van der Waals surface area contributed by atoms with Gasteiger partial charge >= 0.3 is 0 Å². The van der Waals surface area contributed by atoms with Crippen molar-refractivity contribution in [2.75, 3.05) is 20.3 Å². The molecule has 0 aromatic heterocycles. The summed E-state index contributed by atoms with van der Waals surface area (Å²) in [5, 5.41) is 2.63. The fraction of sp³-hybridized carbons (Fsp3) is 0.250. The Hall–Kier alpha value is -3.75. The average Bonchev–Trinajstić information content (AvgIpc) is 2.76. The number of fused-ring (bicyclic) bond motifs is 1. The van der Waals surface area contributed by atoms with Gasteiger partial charge in [0.25, 0.3) is 11.8 Å². The molecule has 9 nitrogen and oxygen atoms in total. The number of benzene rings is 2. The van der Waals surface area contributed by atoms with E-state index in [0.717, 1.165) is 0 Å². The highest BCUT2D eigenvalue weighted by molar-refractivity contribution is 5.97. The minimum atomic E-state index is -0.879. The molecule has 0 bridgehead atoms. The summed E-state index contributed by atoms with van der Waals surface area (Å²) < 4.78 is 16.1. The molecule has 1 heterocycles. The number of hydrazine groups is 1. The van der Waals surface area contributed by atoms with E-state index in [1.807, 2.05) is 0 Å². The van der Waals surface area contributed by atoms with Crippen molar-refractivity contribution in [1.82, 2.24) is 16.2 Å². The minimum absolute atomic E-state index is 0.0218. The molecule has 0 saturated heterocycles. The van der Waals surface area contributed by atoms with Crippen molar-refractivity contribution in [3.8, 4) is 17.2 Å². The molecule has 0 unspecified atom stereocenters. The molecule has 1 atom stereocenters. The van der Waals surface area contributed by atoms with Crippen LogP contribution >= 0.6 is 0 Å². The Morgan fingerprint density at radius 1 is 1.03 bits per heavy atom. The number of amides is 3. The number of hydrogen-bond acceptors (Lipinski definition) is 6. The van der Waals surface area contributed by atoms with E-state index in [-0.39, 0.29) is 25.5 Å². The van der Waals surface area contributed by atoms with Crippen molar-refractivity contribution >= 4 is 17.7 Å². The van der Waals surface area contributed by atoms with Crippen LogP contribution in [0.15, 0.2) is 48.5 Å². The average molecular weight is 399 g/mol. The molecule has 29 heavy (non-hydrogen) atoms. The first-order valence-electron chi connectivity index (χ1n) is 8.97. The molecule has 0 aliphatic carbocycles. The Morgan fingerprint density at radius 3 is 2.55 bits per heavy atom. The Labute approximate surface area is 167 Å². The van der Waals surface area contributed by atoms with Crippen molar-refractivity contribution in [2.45, 2.75) is 12.5 Å². The van der Waals surface area contributed by atoms with Crippen LogP contribution in [0.2, 0.25) is 0 Å². The zero-order chi connectivity index (χ0) is 20.6. The van der Waals surface area contributed by atoms with Gasteiger partial charge in [0, 0.05) is 13.0 Å². The predicted octanol–water partition coefficient (Wildman–Crippen LogP) is 0.802. The van der Waals surface area contributed by atoms with E-state index >= 15 is 0 Å². The van der Waals surface area contributed by atoms with Gasteiger partial charge in [0.2, 0.25) is 12.0 Å². The van der Waals surface area contributed by atoms with Gasteiger partial charge in [-0.05, 0) is 24.3 Å². The molecule has 3 N–H and O–H groups in total. The highest BCUT2D eigenvalue weighted by Gasteiger charge is 2.27. The molecule has 0 radical (unpaired) electrons. The molecule has 0 saturated carbocycles. The van der Waals surface area contributed by atoms with Crippen LogP contribution in [0.5, 0.6) is 17.2 Å². The number of hydrogen-bond donors (Lipinski definition) is 3. The minimum Gasteiger partial charge on any atom is -0.496 e. The smallest absolute Gasteiger partial charge is 0.283 e. The number of nitrogens with one attached hydrogen (secondary N) is 3. The molecule has 152 valence electrons. The van der Waals surface area contributed by atoms with E-state index < -0.39 is 17.9 Å². The van der Waals surface area contributed by atoms with Crippen molar-refractivity contribution < 1.29 is 28.6 Å². The van der Waals surface area contributed by atoms with E-state index in [1.165, 1.54) is 7.11 Å². The molecule has 2 aromatic carbocycles. The predicted molar refractivity (Wildman–Crippen MR) is 103 cm³/mol. The maximum absolute atomic E-state index is 12.2. The first-order valence-corrected chi connectivity index (χ1v) is 8.97. The first-order chi connectivity index (χ1) is 14.1. The number of carbonyl (C=O) groups excluding carboxylic acids is 3. The summed E-state index contributed by atoms with van der Waals surface area (Å²) in [5.74, 6) is 0.112. The van der Waals surface area contributed by atoms with Gasteiger partial charge in [-0.2, -0.15) is 0 Å². The second kappa shape index (κ2) is 9.45. The molecule has 9 heteroatoms. The van der Waals surface area contributed by atoms with Crippen LogP contribution in [0, 0.1) is 0 Å². The van der Waals surface area contributed by atoms with E-state index in [1.54, 1.807) is 48.5 Å². The van der Waals surface area contributed by atoms with Gasteiger partial charge in [-0.15, -0.1) is 0 Å². The Balaban J connectivity index is 1.39. The Morgan fingerprint density at radius 2 is 1.76 bits per heavy atom. The second-order valence-corrected chi connectivity index (χ2v) is 6.11. The lowest BCUT2D eigenvalue weighted by Gasteiger charge is -2.25. The van der Waals surface area contributed by atoms with Gasteiger partial charge < -0.3 is 19.5 Å². The quantitative estimate of drug-likeness (QED) is 0.619. The molecule has 1 aliphatic rings. The third-order valence-electron chi connectivity index (χ3n) is 4.12. The summed E-state index contributed by atoms with van der Waals surface area (Å²) in [6, 6.07) is 13.8. The maximum atomic E-state index is 12.2. The number of rotatable bonds is 6. The van der Waals surface area contributed by atoms with Gasteiger partial charge in [-0.3, -0.25) is 25.2 Å². The molecule has 0 spiro atoms. The summed E-state index contributed by atoms with van der Waals surface area (Å²) in [4.78, 5) is 36.2. The van der Waals surface area contributed by atoms with Gasteiger partial charge in [0.05, 0.1) is 12.7 Å². The van der Waals surface area contributed by atoms with Gasteiger partial charge in [0.1, 0.15) is 12.4 Å². The number of para-hydroxylation sites is 3. The fourth-order valence-electron chi connectivity index (χ4n) is 2.64. The molecule has 3 rings (SSSR count). The van der Waals surface area contributed by atoms with Crippen molar-refractivity contribution in [2.24, 2.45) is 0 Å². The van der Waals surface area contributed by atoms with Crippen LogP contribution in [-0.2, 0) is 9.59 Å². The van der Waals surface area contributed by atoms with Crippen molar-refractivity contribution in [3.63, 3.8) is 0 Å². The summed E-state index contributed by atoms with van der Waals surface area (Å²) in [7, 11) is 1.47. The lowest BCUT2D eigenvalue weighted by atomic mass is 10.2. The first kappa shape index (κ1) is 20.0. The lowest BCUT2D eigenvalue weighted by Crippen LogP contribution is -2.51. The highest BCUT2D eigenvalue weighted by atomic mass is 16.6. The Kier molecular flexibility index (Phi) is 6.51. The summed E-state index contributed by atoms with van der Waals surface area (Å²) >= 11 is 0. The standard InChI is InChI=1S/C20H21N3O6/c1-27-14-7-3-2-6-13(14)19(25)21-11-10-18(24)22-23-20(26)17-12-28-15-8-4-5-9-16(15)29-17/h2-9,17H,10-12H2,1H3,(H,21,25)(H,22,24)(H,23,26)/t17-/m0/s1. The largest absolute Gasteiger partial charge is 0.496 e. The van der Waals surface area contributed by atoms with Crippen LogP contribution < -0.4 is 30.4 Å². The van der Waals surface area contributed by atoms with E-state index in [2.05, 4.69) is 16.2 Å². The van der Waals surface area contributed by atoms with E-state index in [0.29, 0.717) is 22.8 Å². The third-order valence-corrected chi connectivity index (χ3v) is 4.12. The van der Waals surface area contributed by atoms with Gasteiger partial charge in [-0.25, -0.2) is 0 Å². The number of ether oxygens (including phenoxy) is 3. The van der Waals surface area contributed by atoms with E-state index in [9.17, 15) is 14.4 Å². The normalized spacial score (nSPS) is 14.4. The van der Waals surface area contributed by atoms with Crippen LogP contribution in [-0.4, -0.2) is 44.1 Å². The van der Waals surface area contributed by atoms with Crippen LogP contribution in [0.25, 0.3) is 0 Å². The lowest BCUT2D eigenvalue weighted by molar-refractivity contribution is -0.135. The van der Waals surface area contributed by atoms with E-state index in [4.69, 9.17) is 14.2 Å². The molecule has 0 fully saturated rings. The van der Waals surface area contributed by atoms with Crippen LogP contribution in [0.4, 0.5) is 0 Å². The molecular weight excluding hydrogens is 378 g/mol. The van der Waals surface area contributed by atoms with Gasteiger partial charge in [-0.1, -0.05) is 24.3 Å². The summed E-state index contributed by atoms with van der Waals surface area (Å²) in [6.07, 6.45) is -0.901. The molecule has 1 aliphatic heterocycles. The number of methoxy groups -OCH3 is 1. The Bertz CT molecular complexity index is 901. The zero-order valence-electron chi connectivity index (χ0n) is 15.8. The van der Waals surface area contributed by atoms with Gasteiger partial charge in [0.15, 0.2) is 11.5 Å². The van der Waals surface area contributed by atoms with Crippen LogP contribution in [0.1, 0.15) is 16.8 Å². The topological polar surface area (TPSA) is 115 Å². The summed E-state index contributed by atoms with van der Waals surface area (Å²) in [5.41, 5.74) is 4.96. The van der Waals surface area contributed by atoms with Crippen molar-refractivity contribution in [1.29, 1.82) is 0 Å².